The zero-order valence-corrected chi connectivity index (χ0v) is 16.4. The Morgan fingerprint density at radius 2 is 1.89 bits per heavy atom. The van der Waals surface area contributed by atoms with Crippen LogP contribution in [0.25, 0.3) is 0 Å². The maximum atomic E-state index is 12.6. The molecule has 1 aromatic rings. The molecular weight excluding hydrogens is 346 g/mol. The lowest BCUT2D eigenvalue weighted by atomic mass is 9.87. The van der Waals surface area contributed by atoms with Crippen molar-refractivity contribution in [1.29, 1.82) is 0 Å². The van der Waals surface area contributed by atoms with Gasteiger partial charge in [-0.1, -0.05) is 24.5 Å². The van der Waals surface area contributed by atoms with Crippen LogP contribution in [-0.4, -0.2) is 63.6 Å². The summed E-state index contributed by atoms with van der Waals surface area (Å²) in [6.45, 7) is 6.05. The average Bonchev–Trinajstić information content (AvgIpc) is 3.10. The molecule has 2 aliphatic rings. The second-order valence-corrected chi connectivity index (χ2v) is 7.89. The largest absolute Gasteiger partial charge is 0.372 e. The van der Waals surface area contributed by atoms with Crippen molar-refractivity contribution in [3.8, 4) is 0 Å². The van der Waals surface area contributed by atoms with Gasteiger partial charge in [-0.25, -0.2) is 4.68 Å². The summed E-state index contributed by atoms with van der Waals surface area (Å²) in [5.74, 6) is 0.520. The first kappa shape index (κ1) is 19.8. The highest BCUT2D eigenvalue weighted by atomic mass is 16.5. The molecule has 1 N–H and O–H groups in total. The number of hydrogen-bond acceptors (Lipinski definition) is 5. The number of morpholine rings is 1. The van der Waals surface area contributed by atoms with E-state index in [4.69, 9.17) is 4.74 Å². The van der Waals surface area contributed by atoms with E-state index < -0.39 is 0 Å². The molecule has 2 atom stereocenters. The minimum Gasteiger partial charge on any atom is -0.372 e. The molecule has 3 rings (SSSR count). The van der Waals surface area contributed by atoms with Crippen LogP contribution in [0.15, 0.2) is 6.20 Å². The van der Waals surface area contributed by atoms with Gasteiger partial charge in [0.05, 0.1) is 24.9 Å². The summed E-state index contributed by atoms with van der Waals surface area (Å²) in [6.07, 6.45) is 8.44. The van der Waals surface area contributed by atoms with E-state index in [9.17, 15) is 9.59 Å². The smallest absolute Gasteiger partial charge is 0.276 e. The average molecular weight is 377 g/mol. The molecule has 0 aromatic carbocycles. The van der Waals surface area contributed by atoms with E-state index in [0.29, 0.717) is 44.2 Å². The van der Waals surface area contributed by atoms with Crippen LogP contribution < -0.4 is 5.32 Å². The quantitative estimate of drug-likeness (QED) is 0.814. The molecular formula is C19H31N5O3. The summed E-state index contributed by atoms with van der Waals surface area (Å²) in [4.78, 5) is 26.4. The van der Waals surface area contributed by atoms with Crippen molar-refractivity contribution in [3.63, 3.8) is 0 Å². The topological polar surface area (TPSA) is 89.4 Å². The fourth-order valence-corrected chi connectivity index (χ4v) is 4.05. The van der Waals surface area contributed by atoms with Crippen molar-refractivity contribution < 1.29 is 14.3 Å². The van der Waals surface area contributed by atoms with Crippen LogP contribution in [-0.2, 0) is 16.1 Å². The van der Waals surface area contributed by atoms with Gasteiger partial charge in [0.25, 0.3) is 5.91 Å². The minimum atomic E-state index is -0.121. The molecule has 2 fully saturated rings. The highest BCUT2D eigenvalue weighted by Gasteiger charge is 2.28. The molecule has 1 saturated carbocycles. The lowest BCUT2D eigenvalue weighted by molar-refractivity contribution is -0.122. The number of rotatable bonds is 6. The minimum absolute atomic E-state index is 0.0205. The van der Waals surface area contributed by atoms with Crippen LogP contribution in [0, 0.1) is 5.92 Å². The number of nitrogens with zero attached hydrogens (tertiary/aromatic N) is 4. The second kappa shape index (κ2) is 9.30. The van der Waals surface area contributed by atoms with Gasteiger partial charge in [0.15, 0.2) is 5.69 Å². The zero-order valence-electron chi connectivity index (χ0n) is 16.4. The van der Waals surface area contributed by atoms with E-state index in [2.05, 4.69) is 15.6 Å². The number of carbonyl (C=O) groups excluding carboxylic acids is 2. The van der Waals surface area contributed by atoms with E-state index in [1.165, 1.54) is 32.1 Å². The summed E-state index contributed by atoms with van der Waals surface area (Å²) in [5, 5.41) is 11.0. The normalized spacial score (nSPS) is 24.0. The van der Waals surface area contributed by atoms with Crippen LogP contribution in [0.2, 0.25) is 0 Å². The Hall–Kier alpha value is -1.96. The number of amides is 2. The van der Waals surface area contributed by atoms with Crippen molar-refractivity contribution in [3.05, 3.63) is 11.9 Å². The van der Waals surface area contributed by atoms with Crippen LogP contribution in [0.1, 0.15) is 62.9 Å². The van der Waals surface area contributed by atoms with Gasteiger partial charge >= 0.3 is 0 Å². The van der Waals surface area contributed by atoms with Crippen molar-refractivity contribution in [2.75, 3.05) is 19.6 Å². The molecule has 27 heavy (non-hydrogen) atoms. The molecule has 8 heteroatoms. The SMILES string of the molecule is C[C@@H]1CN(C(=O)c2cn(CCNC(=O)CC3CCCCC3)nn2)C[C@H](C)O1. The van der Waals surface area contributed by atoms with Crippen molar-refractivity contribution in [2.45, 2.75) is 71.1 Å². The lowest BCUT2D eigenvalue weighted by Gasteiger charge is -2.34. The van der Waals surface area contributed by atoms with Gasteiger partial charge in [-0.15, -0.1) is 5.10 Å². The van der Waals surface area contributed by atoms with Gasteiger partial charge in [0.1, 0.15) is 0 Å². The van der Waals surface area contributed by atoms with Gasteiger partial charge in [-0.2, -0.15) is 0 Å². The number of aromatic nitrogens is 3. The number of nitrogens with one attached hydrogen (secondary N) is 1. The molecule has 0 spiro atoms. The van der Waals surface area contributed by atoms with Gasteiger partial charge in [-0.05, 0) is 32.6 Å². The standard InChI is InChI=1S/C19H31N5O3/c1-14-11-23(12-15(2)27-14)19(26)17-13-24(22-21-17)9-8-20-18(25)10-16-6-4-3-5-7-16/h13-16H,3-12H2,1-2H3,(H,20,25)/t14-,15+. The summed E-state index contributed by atoms with van der Waals surface area (Å²) in [7, 11) is 0. The maximum Gasteiger partial charge on any atom is 0.276 e. The Morgan fingerprint density at radius 3 is 2.59 bits per heavy atom. The van der Waals surface area contributed by atoms with Crippen LogP contribution in [0.5, 0.6) is 0 Å². The third kappa shape index (κ3) is 5.76. The first-order chi connectivity index (χ1) is 13.0. The second-order valence-electron chi connectivity index (χ2n) is 7.89. The Morgan fingerprint density at radius 1 is 1.19 bits per heavy atom. The monoisotopic (exact) mass is 377 g/mol. The van der Waals surface area contributed by atoms with E-state index in [-0.39, 0.29) is 24.0 Å². The molecule has 1 aliphatic heterocycles. The first-order valence-electron chi connectivity index (χ1n) is 10.1. The highest BCUT2D eigenvalue weighted by molar-refractivity contribution is 5.92. The first-order valence-corrected chi connectivity index (χ1v) is 10.1. The van der Waals surface area contributed by atoms with Crippen LogP contribution in [0.4, 0.5) is 0 Å². The Labute approximate surface area is 160 Å². The molecule has 8 nitrogen and oxygen atoms in total. The van der Waals surface area contributed by atoms with Crippen molar-refractivity contribution in [2.24, 2.45) is 5.92 Å². The van der Waals surface area contributed by atoms with E-state index in [1.54, 1.807) is 15.8 Å². The summed E-state index contributed by atoms with van der Waals surface area (Å²) < 4.78 is 7.27. The summed E-state index contributed by atoms with van der Waals surface area (Å²) in [5.41, 5.74) is 0.338. The van der Waals surface area contributed by atoms with Gasteiger partial charge in [0, 0.05) is 26.1 Å². The molecule has 0 unspecified atom stereocenters. The van der Waals surface area contributed by atoms with Crippen LogP contribution >= 0.6 is 0 Å². The van der Waals surface area contributed by atoms with E-state index in [1.807, 2.05) is 13.8 Å². The number of ether oxygens (including phenoxy) is 1. The van der Waals surface area contributed by atoms with Gasteiger partial charge in [-0.3, -0.25) is 9.59 Å². The lowest BCUT2D eigenvalue weighted by Crippen LogP contribution is -2.48. The number of carbonyl (C=O) groups is 2. The predicted molar refractivity (Wildman–Crippen MR) is 100 cm³/mol. The Balaban J connectivity index is 1.42. The molecule has 1 saturated heterocycles. The molecule has 0 radical (unpaired) electrons. The van der Waals surface area contributed by atoms with Crippen molar-refractivity contribution >= 4 is 11.8 Å². The third-order valence-electron chi connectivity index (χ3n) is 5.33. The van der Waals surface area contributed by atoms with Gasteiger partial charge < -0.3 is 15.0 Å². The molecule has 2 amide bonds. The summed E-state index contributed by atoms with van der Waals surface area (Å²) >= 11 is 0. The summed E-state index contributed by atoms with van der Waals surface area (Å²) in [6, 6.07) is 0. The predicted octanol–water partition coefficient (Wildman–Crippen LogP) is 1.61. The molecule has 1 aromatic heterocycles. The highest BCUT2D eigenvalue weighted by Crippen LogP contribution is 2.26. The van der Waals surface area contributed by atoms with Crippen molar-refractivity contribution in [1.82, 2.24) is 25.2 Å². The molecule has 0 bridgehead atoms. The Kier molecular flexibility index (Phi) is 6.82. The van der Waals surface area contributed by atoms with E-state index in [0.717, 1.165) is 0 Å². The maximum absolute atomic E-state index is 12.6. The molecule has 1 aliphatic carbocycles. The van der Waals surface area contributed by atoms with E-state index >= 15 is 0 Å². The fourth-order valence-electron chi connectivity index (χ4n) is 4.05. The van der Waals surface area contributed by atoms with Crippen LogP contribution in [0.3, 0.4) is 0 Å². The van der Waals surface area contributed by atoms with Gasteiger partial charge in [0.2, 0.25) is 5.91 Å². The zero-order chi connectivity index (χ0) is 19.2. The molecule has 2 heterocycles. The Bertz CT molecular complexity index is 631. The number of hydrogen-bond donors (Lipinski definition) is 1. The fraction of sp³-hybridized carbons (Fsp3) is 0.789. The molecule has 150 valence electrons. The third-order valence-corrected chi connectivity index (χ3v) is 5.33.